The highest BCUT2D eigenvalue weighted by Crippen LogP contribution is 2.26. The van der Waals surface area contributed by atoms with E-state index in [2.05, 4.69) is 37.2 Å². The third-order valence-electron chi connectivity index (χ3n) is 2.35. The summed E-state index contributed by atoms with van der Waals surface area (Å²) in [6.45, 7) is 0.718. The van der Waals surface area contributed by atoms with E-state index in [0.29, 0.717) is 0 Å². The molecule has 2 N–H and O–H groups in total. The van der Waals surface area contributed by atoms with Gasteiger partial charge in [-0.1, -0.05) is 28.1 Å². The topological polar surface area (TPSA) is 32.3 Å². The first kappa shape index (κ1) is 12.5. The van der Waals surface area contributed by atoms with Crippen LogP contribution in [0.4, 0.5) is 5.69 Å². The molecule has 0 aliphatic rings. The molecule has 2 rings (SSSR count). The van der Waals surface area contributed by atoms with Gasteiger partial charge in [-0.3, -0.25) is 0 Å². The van der Waals surface area contributed by atoms with Crippen LogP contribution >= 0.6 is 31.9 Å². The fourth-order valence-corrected chi connectivity index (χ4v) is 2.19. The van der Waals surface area contributed by atoms with Crippen LogP contribution in [0.1, 0.15) is 5.56 Å². The second kappa shape index (κ2) is 5.56. The first-order chi connectivity index (χ1) is 8.15. The number of nitrogens with one attached hydrogen (secondary N) is 1. The quantitative estimate of drug-likeness (QED) is 0.846. The summed E-state index contributed by atoms with van der Waals surface area (Å²) in [5.74, 6) is 0.289. The molecule has 0 bridgehead atoms. The number of aromatic hydroxyl groups is 1. The van der Waals surface area contributed by atoms with Gasteiger partial charge in [0.1, 0.15) is 5.75 Å². The van der Waals surface area contributed by atoms with Crippen LogP contribution in [0.3, 0.4) is 0 Å². The molecule has 0 saturated carbocycles. The second-order valence-electron chi connectivity index (χ2n) is 3.64. The van der Waals surface area contributed by atoms with Gasteiger partial charge >= 0.3 is 0 Å². The minimum Gasteiger partial charge on any atom is -0.508 e. The minimum atomic E-state index is 0.289. The van der Waals surface area contributed by atoms with Crippen molar-refractivity contribution in [2.45, 2.75) is 6.54 Å². The molecule has 2 aromatic rings. The van der Waals surface area contributed by atoms with Crippen molar-refractivity contribution in [1.82, 2.24) is 0 Å². The summed E-state index contributed by atoms with van der Waals surface area (Å²) in [4.78, 5) is 0. The van der Waals surface area contributed by atoms with Crippen LogP contribution < -0.4 is 5.32 Å². The van der Waals surface area contributed by atoms with E-state index in [1.165, 1.54) is 0 Å². The Labute approximate surface area is 117 Å². The Morgan fingerprint density at radius 3 is 2.41 bits per heavy atom. The van der Waals surface area contributed by atoms with Gasteiger partial charge in [0.05, 0.1) is 0 Å². The lowest BCUT2D eigenvalue weighted by Crippen LogP contribution is -1.99. The van der Waals surface area contributed by atoms with Gasteiger partial charge in [-0.2, -0.15) is 0 Å². The van der Waals surface area contributed by atoms with Gasteiger partial charge in [-0.05, 0) is 51.8 Å². The summed E-state index contributed by atoms with van der Waals surface area (Å²) in [6, 6.07) is 13.2. The van der Waals surface area contributed by atoms with E-state index in [4.69, 9.17) is 0 Å². The largest absolute Gasteiger partial charge is 0.508 e. The Kier molecular flexibility index (Phi) is 4.07. The first-order valence-corrected chi connectivity index (χ1v) is 6.70. The number of benzene rings is 2. The van der Waals surface area contributed by atoms with Crippen molar-refractivity contribution in [2.24, 2.45) is 0 Å². The van der Waals surface area contributed by atoms with Crippen molar-refractivity contribution in [3.05, 3.63) is 57.0 Å². The first-order valence-electron chi connectivity index (χ1n) is 5.12. The van der Waals surface area contributed by atoms with Crippen molar-refractivity contribution in [3.63, 3.8) is 0 Å². The summed E-state index contributed by atoms with van der Waals surface area (Å²) >= 11 is 6.93. The zero-order valence-electron chi connectivity index (χ0n) is 8.95. The van der Waals surface area contributed by atoms with Crippen LogP contribution in [0.2, 0.25) is 0 Å². The van der Waals surface area contributed by atoms with Crippen molar-refractivity contribution in [2.75, 3.05) is 5.32 Å². The van der Waals surface area contributed by atoms with E-state index in [9.17, 15) is 5.11 Å². The number of halogens is 2. The maximum absolute atomic E-state index is 9.19. The summed E-state index contributed by atoms with van der Waals surface area (Å²) in [6.07, 6.45) is 0. The van der Waals surface area contributed by atoms with Crippen LogP contribution in [0.25, 0.3) is 0 Å². The highest BCUT2D eigenvalue weighted by atomic mass is 79.9. The molecule has 0 heterocycles. The fraction of sp³-hybridized carbons (Fsp3) is 0.0769. The molecule has 0 amide bonds. The third kappa shape index (κ3) is 3.48. The minimum absolute atomic E-state index is 0.289. The van der Waals surface area contributed by atoms with E-state index >= 15 is 0 Å². The molecule has 4 heteroatoms. The molecule has 0 radical (unpaired) electrons. The highest BCUT2D eigenvalue weighted by molar-refractivity contribution is 9.11. The number of hydrogen-bond acceptors (Lipinski definition) is 2. The number of anilines is 1. The van der Waals surface area contributed by atoms with E-state index in [-0.39, 0.29) is 5.75 Å². The molecule has 88 valence electrons. The van der Waals surface area contributed by atoms with Crippen molar-refractivity contribution < 1.29 is 5.11 Å². The normalized spacial score (nSPS) is 10.2. The van der Waals surface area contributed by atoms with Gasteiger partial charge in [0.2, 0.25) is 0 Å². The smallest absolute Gasteiger partial charge is 0.115 e. The molecule has 2 nitrogen and oxygen atoms in total. The average molecular weight is 357 g/mol. The van der Waals surface area contributed by atoms with E-state index in [0.717, 1.165) is 26.7 Å². The Morgan fingerprint density at radius 1 is 1.00 bits per heavy atom. The van der Waals surface area contributed by atoms with Crippen LogP contribution in [0.5, 0.6) is 5.75 Å². The zero-order chi connectivity index (χ0) is 12.3. The lowest BCUT2D eigenvalue weighted by molar-refractivity contribution is 0.475. The molecule has 0 spiro atoms. The SMILES string of the molecule is Oc1ccc(CNc2cc(Br)ccc2Br)cc1. The van der Waals surface area contributed by atoms with Gasteiger partial charge in [-0.25, -0.2) is 0 Å². The number of rotatable bonds is 3. The number of hydrogen-bond donors (Lipinski definition) is 2. The summed E-state index contributed by atoms with van der Waals surface area (Å²) in [5.41, 5.74) is 2.15. The maximum atomic E-state index is 9.19. The Balaban J connectivity index is 2.07. The standard InChI is InChI=1S/C13H11Br2NO/c14-10-3-6-12(15)13(7-10)16-8-9-1-4-11(17)5-2-9/h1-7,16-17H,8H2. The van der Waals surface area contributed by atoms with Crippen LogP contribution in [0, 0.1) is 0 Å². The lowest BCUT2D eigenvalue weighted by atomic mass is 10.2. The Bertz CT molecular complexity index is 511. The van der Waals surface area contributed by atoms with Gasteiger partial charge in [-0.15, -0.1) is 0 Å². The molecule has 0 atom stereocenters. The molecule has 2 aromatic carbocycles. The Hall–Kier alpha value is -1.00. The third-order valence-corrected chi connectivity index (χ3v) is 3.53. The van der Waals surface area contributed by atoms with Crippen molar-refractivity contribution >= 4 is 37.5 Å². The molecular formula is C13H11Br2NO. The monoisotopic (exact) mass is 355 g/mol. The van der Waals surface area contributed by atoms with Gasteiger partial charge in [0, 0.05) is 21.2 Å². The van der Waals surface area contributed by atoms with E-state index < -0.39 is 0 Å². The van der Waals surface area contributed by atoms with Crippen LogP contribution in [-0.2, 0) is 6.54 Å². The van der Waals surface area contributed by atoms with Gasteiger partial charge in [0.25, 0.3) is 0 Å². The molecule has 0 saturated heterocycles. The van der Waals surface area contributed by atoms with Crippen LogP contribution in [-0.4, -0.2) is 5.11 Å². The lowest BCUT2D eigenvalue weighted by Gasteiger charge is -2.09. The Morgan fingerprint density at radius 2 is 1.71 bits per heavy atom. The van der Waals surface area contributed by atoms with Crippen molar-refractivity contribution in [1.29, 1.82) is 0 Å². The summed E-state index contributed by atoms with van der Waals surface area (Å²) in [5, 5.41) is 12.5. The summed E-state index contributed by atoms with van der Waals surface area (Å²) < 4.78 is 2.06. The predicted molar refractivity (Wildman–Crippen MR) is 77.3 cm³/mol. The molecule has 0 aromatic heterocycles. The molecule has 0 aliphatic heterocycles. The summed E-state index contributed by atoms with van der Waals surface area (Å²) in [7, 11) is 0. The zero-order valence-corrected chi connectivity index (χ0v) is 12.1. The molecular weight excluding hydrogens is 346 g/mol. The van der Waals surface area contributed by atoms with Crippen LogP contribution in [0.15, 0.2) is 51.4 Å². The molecule has 0 fully saturated rings. The second-order valence-corrected chi connectivity index (χ2v) is 5.41. The number of phenols is 1. The molecule has 0 aliphatic carbocycles. The van der Waals surface area contributed by atoms with E-state index in [1.54, 1.807) is 12.1 Å². The highest BCUT2D eigenvalue weighted by Gasteiger charge is 2.00. The maximum Gasteiger partial charge on any atom is 0.115 e. The van der Waals surface area contributed by atoms with Gasteiger partial charge < -0.3 is 10.4 Å². The van der Waals surface area contributed by atoms with Gasteiger partial charge in [0.15, 0.2) is 0 Å². The molecule has 17 heavy (non-hydrogen) atoms. The molecule has 0 unspecified atom stereocenters. The van der Waals surface area contributed by atoms with Crippen molar-refractivity contribution in [3.8, 4) is 5.75 Å². The predicted octanol–water partition coefficient (Wildman–Crippen LogP) is 4.53. The van der Waals surface area contributed by atoms with E-state index in [1.807, 2.05) is 30.3 Å². The average Bonchev–Trinajstić information content (AvgIpc) is 2.32. The fourth-order valence-electron chi connectivity index (χ4n) is 1.44. The number of phenolic OH excluding ortho intramolecular Hbond substituents is 1.